The van der Waals surface area contributed by atoms with Crippen LogP contribution in [-0.4, -0.2) is 35.7 Å². The lowest BCUT2D eigenvalue weighted by atomic mass is 10.1. The van der Waals surface area contributed by atoms with Crippen LogP contribution in [0, 0.1) is 6.92 Å². The second kappa shape index (κ2) is 14.8. The van der Waals surface area contributed by atoms with Gasteiger partial charge in [0.15, 0.2) is 5.82 Å². The van der Waals surface area contributed by atoms with Gasteiger partial charge in [-0.2, -0.15) is 0 Å². The fourth-order valence-corrected chi connectivity index (χ4v) is 5.08. The van der Waals surface area contributed by atoms with Crippen LogP contribution in [0.5, 0.6) is 5.75 Å². The summed E-state index contributed by atoms with van der Waals surface area (Å²) in [6.07, 6.45) is 1.76. The first kappa shape index (κ1) is 30.9. The first-order chi connectivity index (χ1) is 21.9. The van der Waals surface area contributed by atoms with Crippen LogP contribution in [0.25, 0.3) is 17.4 Å². The third-order valence-electron chi connectivity index (χ3n) is 6.42. The number of carbonyl (C=O) groups excluding carboxylic acids is 3. The molecule has 5 rings (SSSR count). The molecule has 0 unspecified atom stereocenters. The van der Waals surface area contributed by atoms with Gasteiger partial charge in [-0.1, -0.05) is 35.5 Å². The van der Waals surface area contributed by atoms with Crippen molar-refractivity contribution < 1.29 is 28.1 Å². The van der Waals surface area contributed by atoms with Gasteiger partial charge in [0.1, 0.15) is 28.7 Å². The molecule has 0 spiro atoms. The maximum absolute atomic E-state index is 13.4. The number of nitrogens with one attached hydrogen (secondary N) is 3. The Morgan fingerprint density at radius 3 is 2.40 bits per heavy atom. The van der Waals surface area contributed by atoms with Gasteiger partial charge in [0, 0.05) is 40.5 Å². The SMILES string of the molecule is COc1ccccc1-c1ccc(C=C(NC(=O)c2ccccc2)C(=O)Nc2ccc(SCCC(=O)Nc3cc(C)on3)cc2)o1. The molecule has 0 aliphatic carbocycles. The van der Waals surface area contributed by atoms with E-state index in [9.17, 15) is 14.4 Å². The van der Waals surface area contributed by atoms with Gasteiger partial charge in [0.25, 0.3) is 11.8 Å². The Hall–Kier alpha value is -5.55. The summed E-state index contributed by atoms with van der Waals surface area (Å²) in [5, 5.41) is 12.0. The monoisotopic (exact) mass is 622 g/mol. The summed E-state index contributed by atoms with van der Waals surface area (Å²) in [6, 6.07) is 28.4. The summed E-state index contributed by atoms with van der Waals surface area (Å²) in [5.41, 5.74) is 1.67. The Morgan fingerprint density at radius 2 is 1.67 bits per heavy atom. The summed E-state index contributed by atoms with van der Waals surface area (Å²) in [5.74, 6) is 1.97. The molecular weight excluding hydrogens is 592 g/mol. The van der Waals surface area contributed by atoms with Crippen LogP contribution in [0.1, 0.15) is 28.3 Å². The summed E-state index contributed by atoms with van der Waals surface area (Å²) in [4.78, 5) is 39.5. The van der Waals surface area contributed by atoms with Crippen molar-refractivity contribution in [1.82, 2.24) is 10.5 Å². The number of aromatic nitrogens is 1. The molecule has 0 radical (unpaired) electrons. The number of methoxy groups -OCH3 is 1. The second-order valence-corrected chi connectivity index (χ2v) is 10.9. The highest BCUT2D eigenvalue weighted by atomic mass is 32.2. The highest BCUT2D eigenvalue weighted by molar-refractivity contribution is 7.99. The van der Waals surface area contributed by atoms with E-state index in [1.807, 2.05) is 36.4 Å². The average Bonchev–Trinajstić information content (AvgIpc) is 3.70. The van der Waals surface area contributed by atoms with Crippen LogP contribution in [0.15, 0.2) is 117 Å². The molecule has 2 heterocycles. The number of hydrogen-bond donors (Lipinski definition) is 3. The first-order valence-electron chi connectivity index (χ1n) is 14.0. The van der Waals surface area contributed by atoms with Crippen molar-refractivity contribution in [3.8, 4) is 17.1 Å². The Kier molecular flexibility index (Phi) is 10.1. The number of nitrogens with zero attached hydrogens (tertiary/aromatic N) is 1. The number of carbonyl (C=O) groups is 3. The molecule has 3 aromatic carbocycles. The molecule has 0 bridgehead atoms. The van der Waals surface area contributed by atoms with Gasteiger partial charge in [-0.3, -0.25) is 14.4 Å². The summed E-state index contributed by atoms with van der Waals surface area (Å²) in [6.45, 7) is 1.75. The van der Waals surface area contributed by atoms with E-state index in [0.29, 0.717) is 45.9 Å². The maximum Gasteiger partial charge on any atom is 0.272 e. The van der Waals surface area contributed by atoms with Crippen molar-refractivity contribution in [2.45, 2.75) is 18.2 Å². The second-order valence-electron chi connectivity index (χ2n) is 9.73. The highest BCUT2D eigenvalue weighted by Crippen LogP contribution is 2.31. The van der Waals surface area contributed by atoms with E-state index in [2.05, 4.69) is 21.1 Å². The normalized spacial score (nSPS) is 11.1. The maximum atomic E-state index is 13.4. The van der Waals surface area contributed by atoms with Crippen LogP contribution in [0.2, 0.25) is 0 Å². The lowest BCUT2D eigenvalue weighted by Crippen LogP contribution is -2.30. The minimum absolute atomic E-state index is 0.00319. The van der Waals surface area contributed by atoms with Gasteiger partial charge in [-0.15, -0.1) is 11.8 Å². The van der Waals surface area contributed by atoms with Crippen molar-refractivity contribution in [3.05, 3.63) is 120 Å². The number of ether oxygens (including phenoxy) is 1. The Morgan fingerprint density at radius 1 is 0.911 bits per heavy atom. The molecule has 0 saturated carbocycles. The van der Waals surface area contributed by atoms with Gasteiger partial charge < -0.3 is 29.6 Å². The number of rotatable bonds is 12. The van der Waals surface area contributed by atoms with Gasteiger partial charge in [-0.05, 0) is 67.6 Å². The van der Waals surface area contributed by atoms with E-state index in [0.717, 1.165) is 10.5 Å². The fraction of sp³-hybridized carbons (Fsp3) is 0.118. The zero-order chi connectivity index (χ0) is 31.6. The lowest BCUT2D eigenvalue weighted by molar-refractivity contribution is -0.116. The molecule has 0 aliphatic rings. The highest BCUT2D eigenvalue weighted by Gasteiger charge is 2.17. The number of aryl methyl sites for hydroxylation is 1. The molecule has 10 nitrogen and oxygen atoms in total. The van der Waals surface area contributed by atoms with Crippen LogP contribution in [0.3, 0.4) is 0 Å². The number of anilines is 2. The van der Waals surface area contributed by atoms with Crippen LogP contribution in [0.4, 0.5) is 11.5 Å². The minimum Gasteiger partial charge on any atom is -0.496 e. The molecule has 45 heavy (non-hydrogen) atoms. The third kappa shape index (κ3) is 8.52. The lowest BCUT2D eigenvalue weighted by Gasteiger charge is -2.11. The van der Waals surface area contributed by atoms with Crippen molar-refractivity contribution in [2.75, 3.05) is 23.5 Å². The van der Waals surface area contributed by atoms with E-state index in [1.165, 1.54) is 17.8 Å². The zero-order valence-electron chi connectivity index (χ0n) is 24.5. The number of benzene rings is 3. The van der Waals surface area contributed by atoms with E-state index in [-0.39, 0.29) is 18.0 Å². The molecule has 0 aliphatic heterocycles. The van der Waals surface area contributed by atoms with E-state index >= 15 is 0 Å². The number of hydrogen-bond acceptors (Lipinski definition) is 8. The summed E-state index contributed by atoms with van der Waals surface area (Å²) in [7, 11) is 1.58. The molecule has 3 amide bonds. The number of para-hydroxylation sites is 1. The molecule has 0 fully saturated rings. The quantitative estimate of drug-likeness (QED) is 0.102. The number of thioether (sulfide) groups is 1. The molecule has 3 N–H and O–H groups in total. The molecule has 11 heteroatoms. The molecule has 2 aromatic heterocycles. The molecule has 228 valence electrons. The fourth-order valence-electron chi connectivity index (χ4n) is 4.23. The van der Waals surface area contributed by atoms with Crippen LogP contribution >= 0.6 is 11.8 Å². The number of amides is 3. The molecule has 5 aromatic rings. The van der Waals surface area contributed by atoms with Crippen molar-refractivity contribution in [1.29, 1.82) is 0 Å². The van der Waals surface area contributed by atoms with Crippen molar-refractivity contribution in [2.24, 2.45) is 0 Å². The Balaban J connectivity index is 1.25. The smallest absolute Gasteiger partial charge is 0.272 e. The Bertz CT molecular complexity index is 1810. The van der Waals surface area contributed by atoms with Gasteiger partial charge >= 0.3 is 0 Å². The topological polar surface area (TPSA) is 136 Å². The van der Waals surface area contributed by atoms with Crippen LogP contribution < -0.4 is 20.7 Å². The summed E-state index contributed by atoms with van der Waals surface area (Å²) >= 11 is 1.50. The molecule has 0 saturated heterocycles. The minimum atomic E-state index is -0.533. The van der Waals surface area contributed by atoms with E-state index in [4.69, 9.17) is 13.7 Å². The average molecular weight is 623 g/mol. The Labute approximate surface area is 263 Å². The standard InChI is InChI=1S/C34H30N4O6S/c1-22-20-31(38-44-22)37-32(39)18-19-45-26-15-12-24(13-16-26)35-34(41)28(36-33(40)23-8-4-3-5-9-23)21-25-14-17-30(43-25)27-10-6-7-11-29(27)42-2/h3-17,20-21H,18-19H2,1-2H3,(H,35,41)(H,36,40)(H,37,38,39). The van der Waals surface area contributed by atoms with Crippen LogP contribution in [-0.2, 0) is 9.59 Å². The van der Waals surface area contributed by atoms with E-state index < -0.39 is 11.8 Å². The largest absolute Gasteiger partial charge is 0.496 e. The molecule has 0 atom stereocenters. The molecular formula is C34H30N4O6S. The summed E-state index contributed by atoms with van der Waals surface area (Å²) < 4.78 is 16.4. The van der Waals surface area contributed by atoms with Crippen molar-refractivity contribution >= 4 is 47.1 Å². The predicted octanol–water partition coefficient (Wildman–Crippen LogP) is 6.78. The third-order valence-corrected chi connectivity index (χ3v) is 7.43. The number of furan rings is 1. The van der Waals surface area contributed by atoms with Crippen molar-refractivity contribution in [3.63, 3.8) is 0 Å². The van der Waals surface area contributed by atoms with Gasteiger partial charge in [0.05, 0.1) is 12.7 Å². The first-order valence-corrected chi connectivity index (χ1v) is 15.0. The van der Waals surface area contributed by atoms with Gasteiger partial charge in [-0.25, -0.2) is 0 Å². The van der Waals surface area contributed by atoms with E-state index in [1.54, 1.807) is 74.7 Å². The van der Waals surface area contributed by atoms with Gasteiger partial charge in [0.2, 0.25) is 5.91 Å². The zero-order valence-corrected chi connectivity index (χ0v) is 25.4. The predicted molar refractivity (Wildman–Crippen MR) is 173 cm³/mol.